The molecule has 7 aliphatic rings. The second-order valence-electron chi connectivity index (χ2n) is 11.8. The molecule has 0 saturated heterocycles. The second kappa shape index (κ2) is 6.67. The Morgan fingerprint density at radius 2 is 1.82 bits per heavy atom. The minimum Gasteiger partial charge on any atom is -0.339 e. The molecule has 4 bridgehead atoms. The lowest BCUT2D eigenvalue weighted by Gasteiger charge is -2.65. The fraction of sp³-hybridized carbons (Fsp3) is 0.654. The van der Waals surface area contributed by atoms with Crippen LogP contribution in [0.15, 0.2) is 33.3 Å². The Labute approximate surface area is 201 Å². The van der Waals surface area contributed by atoms with E-state index in [1.807, 2.05) is 29.2 Å². The van der Waals surface area contributed by atoms with E-state index in [4.69, 9.17) is 9.51 Å². The molecule has 1 heterocycles. The normalized spacial score (nSPS) is 38.5. The van der Waals surface area contributed by atoms with Crippen molar-refractivity contribution >= 4 is 27.5 Å². The van der Waals surface area contributed by atoms with Gasteiger partial charge in [-0.3, -0.25) is 4.79 Å². The molecule has 5 nitrogen and oxygen atoms in total. The van der Waals surface area contributed by atoms with Crippen LogP contribution in [0, 0.1) is 10.8 Å². The van der Waals surface area contributed by atoms with E-state index in [9.17, 15) is 9.18 Å². The molecule has 174 valence electrons. The summed E-state index contributed by atoms with van der Waals surface area (Å²) in [5.41, 5.74) is -0.495. The van der Waals surface area contributed by atoms with Gasteiger partial charge in [-0.15, -0.1) is 0 Å². The third-order valence-corrected chi connectivity index (χ3v) is 10.0. The van der Waals surface area contributed by atoms with Crippen LogP contribution in [0.5, 0.6) is 0 Å². The number of aromatic nitrogens is 2. The van der Waals surface area contributed by atoms with Crippen molar-refractivity contribution in [3.63, 3.8) is 0 Å². The lowest BCUT2D eigenvalue weighted by molar-refractivity contribution is -0.211. The maximum atomic E-state index is 14.3. The third-order valence-electron chi connectivity index (χ3n) is 9.52. The zero-order valence-corrected chi connectivity index (χ0v) is 20.4. The number of hydrogen-bond donors (Lipinski definition) is 0. The van der Waals surface area contributed by atoms with Gasteiger partial charge in [-0.05, 0) is 94.2 Å². The summed E-state index contributed by atoms with van der Waals surface area (Å²) in [6, 6.07) is 8.01. The molecule has 0 aliphatic heterocycles. The quantitative estimate of drug-likeness (QED) is 0.459. The van der Waals surface area contributed by atoms with Crippen LogP contribution in [-0.4, -0.2) is 28.3 Å². The molecule has 0 spiro atoms. The van der Waals surface area contributed by atoms with Crippen molar-refractivity contribution in [1.29, 1.82) is 0 Å². The average Bonchev–Trinajstić information content (AvgIpc) is 3.51. The van der Waals surface area contributed by atoms with Crippen LogP contribution < -0.4 is 4.90 Å². The van der Waals surface area contributed by atoms with Crippen LogP contribution in [-0.2, 0) is 10.2 Å². The number of anilines is 1. The summed E-state index contributed by atoms with van der Waals surface area (Å²) in [6.07, 6.45) is 9.87. The number of benzene rings is 1. The number of alkyl halides is 1. The number of amides is 1. The first-order valence-corrected chi connectivity index (χ1v) is 13.2. The molecule has 7 heteroatoms. The van der Waals surface area contributed by atoms with Crippen molar-refractivity contribution in [2.24, 2.45) is 10.8 Å². The van der Waals surface area contributed by atoms with Gasteiger partial charge in [0.05, 0.1) is 5.41 Å². The largest absolute Gasteiger partial charge is 0.339 e. The predicted molar refractivity (Wildman–Crippen MR) is 125 cm³/mol. The van der Waals surface area contributed by atoms with Crippen molar-refractivity contribution in [3.05, 3.63) is 40.5 Å². The first kappa shape index (κ1) is 20.6. The summed E-state index contributed by atoms with van der Waals surface area (Å²) in [6.45, 7) is 0.719. The number of carbonyl (C=O) groups is 1. The molecule has 0 radical (unpaired) electrons. The Balaban J connectivity index is 1.13. The highest BCUT2D eigenvalue weighted by Crippen LogP contribution is 2.70. The summed E-state index contributed by atoms with van der Waals surface area (Å²) >= 11 is 3.57. The molecule has 1 aromatic heterocycles. The highest BCUT2D eigenvalue weighted by atomic mass is 79.9. The van der Waals surface area contributed by atoms with Gasteiger partial charge in [-0.25, -0.2) is 4.39 Å². The minimum absolute atomic E-state index is 0.0148. The van der Waals surface area contributed by atoms with Gasteiger partial charge in [0.1, 0.15) is 5.67 Å². The summed E-state index contributed by atoms with van der Waals surface area (Å²) < 4.78 is 21.0. The molecule has 33 heavy (non-hydrogen) atoms. The fourth-order valence-corrected chi connectivity index (χ4v) is 7.60. The predicted octanol–water partition coefficient (Wildman–Crippen LogP) is 6.23. The highest BCUT2D eigenvalue weighted by Gasteiger charge is 2.73. The fourth-order valence-electron chi connectivity index (χ4n) is 7.22. The number of halogens is 2. The van der Waals surface area contributed by atoms with Gasteiger partial charge >= 0.3 is 0 Å². The van der Waals surface area contributed by atoms with E-state index in [1.165, 1.54) is 12.8 Å². The zero-order valence-electron chi connectivity index (χ0n) is 18.8. The molecule has 7 fully saturated rings. The molecular formula is C26H29BrFN3O2. The lowest BCUT2D eigenvalue weighted by Crippen LogP contribution is -2.71. The third kappa shape index (κ3) is 3.10. The SMILES string of the molecule is O=C(N(CC12CCC(c3nc(C4CC4)no3)(CC1)CC2)c1cccc(Br)c1)C12CC(F)(C1)C2. The maximum absolute atomic E-state index is 14.3. The molecule has 7 saturated carbocycles. The molecule has 0 N–H and O–H groups in total. The number of hydrogen-bond acceptors (Lipinski definition) is 4. The van der Waals surface area contributed by atoms with Gasteiger partial charge in [0.2, 0.25) is 11.8 Å². The second-order valence-corrected chi connectivity index (χ2v) is 12.8. The monoisotopic (exact) mass is 513 g/mol. The van der Waals surface area contributed by atoms with Crippen LogP contribution in [0.1, 0.15) is 88.3 Å². The average molecular weight is 514 g/mol. The van der Waals surface area contributed by atoms with Crippen LogP contribution in [0.2, 0.25) is 0 Å². The molecule has 1 amide bonds. The summed E-state index contributed by atoms with van der Waals surface area (Å²) in [5, 5.41) is 4.28. The molecule has 0 atom stereocenters. The van der Waals surface area contributed by atoms with E-state index in [0.717, 1.165) is 66.9 Å². The molecule has 0 unspecified atom stereocenters. The van der Waals surface area contributed by atoms with Crippen LogP contribution >= 0.6 is 15.9 Å². The Hall–Kier alpha value is -1.76. The smallest absolute Gasteiger partial charge is 0.233 e. The Bertz CT molecular complexity index is 1100. The van der Waals surface area contributed by atoms with E-state index in [1.54, 1.807) is 0 Å². The van der Waals surface area contributed by atoms with Crippen LogP contribution in [0.3, 0.4) is 0 Å². The minimum atomic E-state index is -1.07. The Kier molecular flexibility index (Phi) is 4.17. The van der Waals surface area contributed by atoms with E-state index in [2.05, 4.69) is 21.1 Å². The molecule has 1 aromatic carbocycles. The standard InChI is InChI=1S/C26H29BrFN3O2/c27-18-2-1-3-19(12-18)31(22(32)25-13-26(28,14-25)15-25)16-23-6-9-24(10-7-23,11-8-23)21-29-20(30-33-21)17-4-5-17/h1-3,12,17H,4-11,13-16H2. The van der Waals surface area contributed by atoms with Gasteiger partial charge in [-0.1, -0.05) is 27.2 Å². The topological polar surface area (TPSA) is 59.2 Å². The molecular weight excluding hydrogens is 485 g/mol. The van der Waals surface area contributed by atoms with Crippen molar-refractivity contribution in [2.75, 3.05) is 11.4 Å². The van der Waals surface area contributed by atoms with Crippen LogP contribution in [0.25, 0.3) is 0 Å². The maximum Gasteiger partial charge on any atom is 0.233 e. The van der Waals surface area contributed by atoms with Gasteiger partial charge in [0, 0.05) is 28.0 Å². The zero-order chi connectivity index (χ0) is 22.5. The van der Waals surface area contributed by atoms with E-state index in [0.29, 0.717) is 25.2 Å². The molecule has 9 rings (SSSR count). The number of rotatable bonds is 6. The van der Waals surface area contributed by atoms with E-state index >= 15 is 0 Å². The van der Waals surface area contributed by atoms with Crippen LogP contribution in [0.4, 0.5) is 10.1 Å². The van der Waals surface area contributed by atoms with Gasteiger partial charge in [0.25, 0.3) is 0 Å². The van der Waals surface area contributed by atoms with Crippen molar-refractivity contribution in [2.45, 2.75) is 87.6 Å². The first-order chi connectivity index (χ1) is 15.8. The summed E-state index contributed by atoms with van der Waals surface area (Å²) in [4.78, 5) is 20.6. The van der Waals surface area contributed by atoms with Crippen molar-refractivity contribution in [1.82, 2.24) is 10.1 Å². The summed E-state index contributed by atoms with van der Waals surface area (Å²) in [7, 11) is 0. The highest BCUT2D eigenvalue weighted by molar-refractivity contribution is 9.10. The van der Waals surface area contributed by atoms with E-state index < -0.39 is 11.1 Å². The lowest BCUT2D eigenvalue weighted by atomic mass is 9.41. The summed E-state index contributed by atoms with van der Waals surface area (Å²) in [5.74, 6) is 2.38. The van der Waals surface area contributed by atoms with E-state index in [-0.39, 0.29) is 16.7 Å². The van der Waals surface area contributed by atoms with Crippen molar-refractivity contribution in [3.8, 4) is 0 Å². The Morgan fingerprint density at radius 3 is 2.42 bits per heavy atom. The Morgan fingerprint density at radius 1 is 1.12 bits per heavy atom. The molecule has 7 aliphatic carbocycles. The van der Waals surface area contributed by atoms with Gasteiger partial charge < -0.3 is 9.42 Å². The first-order valence-electron chi connectivity index (χ1n) is 12.4. The number of carbonyl (C=O) groups excluding carboxylic acids is 1. The number of nitrogens with zero attached hydrogens (tertiary/aromatic N) is 3. The molecule has 2 aromatic rings. The van der Waals surface area contributed by atoms with Gasteiger partial charge in [0.15, 0.2) is 5.82 Å². The number of fused-ring (bicyclic) bond motifs is 3. The van der Waals surface area contributed by atoms with Gasteiger partial charge in [-0.2, -0.15) is 4.98 Å². The van der Waals surface area contributed by atoms with Crippen molar-refractivity contribution < 1.29 is 13.7 Å².